The molecule has 0 heterocycles. The van der Waals surface area contributed by atoms with Gasteiger partial charge in [-0.1, -0.05) is 56.3 Å². The van der Waals surface area contributed by atoms with E-state index in [-0.39, 0.29) is 24.5 Å². The summed E-state index contributed by atoms with van der Waals surface area (Å²) in [7, 11) is 0. The second kappa shape index (κ2) is 13.1. The van der Waals surface area contributed by atoms with Crippen molar-refractivity contribution in [2.45, 2.75) is 44.8 Å². The van der Waals surface area contributed by atoms with Crippen molar-refractivity contribution in [3.63, 3.8) is 0 Å². The Labute approximate surface area is 203 Å². The number of carboxylic acid groups (broad SMARTS) is 1. The molecule has 0 spiro atoms. The van der Waals surface area contributed by atoms with Crippen molar-refractivity contribution in [1.82, 2.24) is 16.0 Å². The molecule has 10 nitrogen and oxygen atoms in total. The van der Waals surface area contributed by atoms with E-state index in [1.165, 1.54) is 12.1 Å². The van der Waals surface area contributed by atoms with Crippen LogP contribution in [0.1, 0.15) is 25.0 Å². The highest BCUT2D eigenvalue weighted by molar-refractivity contribution is 5.94. The number of benzene rings is 2. The highest BCUT2D eigenvalue weighted by Crippen LogP contribution is 2.12. The molecule has 0 aromatic heterocycles. The molecule has 0 radical (unpaired) electrons. The summed E-state index contributed by atoms with van der Waals surface area (Å²) in [4.78, 5) is 49.5. The van der Waals surface area contributed by atoms with Crippen LogP contribution in [0.25, 0.3) is 0 Å². The highest BCUT2D eigenvalue weighted by atomic mass is 16.4. The van der Waals surface area contributed by atoms with Gasteiger partial charge >= 0.3 is 5.97 Å². The first-order valence-corrected chi connectivity index (χ1v) is 11.2. The average Bonchev–Trinajstić information content (AvgIpc) is 2.82. The highest BCUT2D eigenvalue weighted by Gasteiger charge is 2.29. The fraction of sp³-hybridized carbons (Fsp3) is 0.360. The summed E-state index contributed by atoms with van der Waals surface area (Å²) in [6.07, 6.45) is 0.195. The monoisotopic (exact) mass is 484 g/mol. The quantitative estimate of drug-likeness (QED) is 0.252. The Kier molecular flexibility index (Phi) is 10.2. The van der Waals surface area contributed by atoms with Gasteiger partial charge in [0.05, 0.1) is 6.04 Å². The molecule has 0 fully saturated rings. The number of phenolic OH excluding ortho intramolecular Hbond substituents is 1. The van der Waals surface area contributed by atoms with Crippen molar-refractivity contribution in [1.29, 1.82) is 0 Å². The van der Waals surface area contributed by atoms with Crippen molar-refractivity contribution in [3.05, 3.63) is 65.7 Å². The zero-order valence-electron chi connectivity index (χ0n) is 19.7. The number of hydrogen-bond acceptors (Lipinski definition) is 6. The maximum atomic E-state index is 13.3. The molecule has 2 rings (SSSR count). The summed E-state index contributed by atoms with van der Waals surface area (Å²) in [5.41, 5.74) is 7.36. The summed E-state index contributed by atoms with van der Waals surface area (Å²) >= 11 is 0. The minimum Gasteiger partial charge on any atom is -0.508 e. The number of nitrogens with one attached hydrogen (secondary N) is 3. The van der Waals surface area contributed by atoms with Gasteiger partial charge < -0.3 is 31.9 Å². The van der Waals surface area contributed by atoms with Gasteiger partial charge in [-0.3, -0.25) is 19.2 Å². The van der Waals surface area contributed by atoms with Crippen molar-refractivity contribution in [2.24, 2.45) is 11.7 Å². The van der Waals surface area contributed by atoms with E-state index in [9.17, 15) is 24.3 Å². The fourth-order valence-corrected chi connectivity index (χ4v) is 3.27. The van der Waals surface area contributed by atoms with E-state index < -0.39 is 48.4 Å². The molecule has 188 valence electrons. The lowest BCUT2D eigenvalue weighted by Crippen LogP contribution is -2.57. The van der Waals surface area contributed by atoms with Gasteiger partial charge in [0, 0.05) is 12.8 Å². The largest absolute Gasteiger partial charge is 0.508 e. The third-order valence-electron chi connectivity index (χ3n) is 5.36. The van der Waals surface area contributed by atoms with Gasteiger partial charge in [-0.05, 0) is 29.2 Å². The smallest absolute Gasteiger partial charge is 0.322 e. The lowest BCUT2D eigenvalue weighted by molar-refractivity contribution is -0.138. The van der Waals surface area contributed by atoms with Gasteiger partial charge in [0.25, 0.3) is 0 Å². The van der Waals surface area contributed by atoms with Crippen LogP contribution in [0.3, 0.4) is 0 Å². The first-order valence-electron chi connectivity index (χ1n) is 11.2. The van der Waals surface area contributed by atoms with Crippen LogP contribution in [0.5, 0.6) is 5.75 Å². The van der Waals surface area contributed by atoms with E-state index in [1.54, 1.807) is 50.2 Å². The van der Waals surface area contributed by atoms with Gasteiger partial charge in [0.15, 0.2) is 0 Å². The molecule has 3 unspecified atom stereocenters. The molecule has 0 aliphatic carbocycles. The van der Waals surface area contributed by atoms with E-state index in [0.717, 1.165) is 5.56 Å². The minimum atomic E-state index is -1.22. The summed E-state index contributed by atoms with van der Waals surface area (Å²) in [6, 6.07) is 12.1. The fourth-order valence-electron chi connectivity index (χ4n) is 3.27. The predicted octanol–water partition coefficient (Wildman–Crippen LogP) is 0.331. The Morgan fingerprint density at radius 3 is 1.86 bits per heavy atom. The van der Waals surface area contributed by atoms with Crippen molar-refractivity contribution in [3.8, 4) is 5.75 Å². The standard InChI is InChI=1S/C25H32N4O6/c1-15(2)22(26)25(35)29-20(13-17-8-10-18(30)11-9-17)24(34)28-19(23(33)27-14-21(31)32)12-16-6-4-3-5-7-16/h3-11,15,19-20,22,30H,12-14,26H2,1-2H3,(H,27,33)(H,28,34)(H,29,35)(H,31,32). The van der Waals surface area contributed by atoms with Gasteiger partial charge in [-0.15, -0.1) is 0 Å². The van der Waals surface area contributed by atoms with Gasteiger partial charge in [-0.2, -0.15) is 0 Å². The first-order chi connectivity index (χ1) is 16.6. The zero-order valence-corrected chi connectivity index (χ0v) is 19.7. The molecule has 0 saturated heterocycles. The molecule has 0 aliphatic heterocycles. The van der Waals surface area contributed by atoms with E-state index in [4.69, 9.17) is 10.8 Å². The number of aromatic hydroxyl groups is 1. The molecule has 10 heteroatoms. The van der Waals surface area contributed by atoms with Gasteiger partial charge in [0.1, 0.15) is 24.4 Å². The van der Waals surface area contributed by atoms with Crippen LogP contribution in [-0.2, 0) is 32.0 Å². The molecule has 7 N–H and O–H groups in total. The zero-order chi connectivity index (χ0) is 26.0. The first kappa shape index (κ1) is 27.3. The second-order valence-corrected chi connectivity index (χ2v) is 8.56. The van der Waals surface area contributed by atoms with E-state index in [1.807, 2.05) is 6.07 Å². The second-order valence-electron chi connectivity index (χ2n) is 8.56. The third kappa shape index (κ3) is 9.09. The number of carbonyl (C=O) groups excluding carboxylic acids is 3. The number of amides is 3. The molecule has 3 amide bonds. The Morgan fingerprint density at radius 1 is 0.800 bits per heavy atom. The van der Waals surface area contributed by atoms with Crippen molar-refractivity contribution >= 4 is 23.7 Å². The van der Waals surface area contributed by atoms with Crippen LogP contribution >= 0.6 is 0 Å². The molecular formula is C25H32N4O6. The maximum absolute atomic E-state index is 13.3. The summed E-state index contributed by atoms with van der Waals surface area (Å²) in [5.74, 6) is -3.15. The van der Waals surface area contributed by atoms with E-state index in [0.29, 0.717) is 5.56 Å². The van der Waals surface area contributed by atoms with Crippen LogP contribution in [0.15, 0.2) is 54.6 Å². The molecule has 2 aromatic carbocycles. The van der Waals surface area contributed by atoms with Crippen LogP contribution in [0.4, 0.5) is 0 Å². The van der Waals surface area contributed by atoms with Crippen LogP contribution in [0.2, 0.25) is 0 Å². The molecule has 3 atom stereocenters. The molecule has 2 aromatic rings. The lowest BCUT2D eigenvalue weighted by Gasteiger charge is -2.25. The van der Waals surface area contributed by atoms with E-state index >= 15 is 0 Å². The molecule has 35 heavy (non-hydrogen) atoms. The van der Waals surface area contributed by atoms with Crippen LogP contribution in [0, 0.1) is 5.92 Å². The lowest BCUT2D eigenvalue weighted by atomic mass is 10.0. The summed E-state index contributed by atoms with van der Waals surface area (Å²) in [5, 5.41) is 26.0. The maximum Gasteiger partial charge on any atom is 0.322 e. The minimum absolute atomic E-state index is 0.0543. The molecule has 0 saturated carbocycles. The molecule has 0 bridgehead atoms. The number of rotatable bonds is 12. The summed E-state index contributed by atoms with van der Waals surface area (Å²) < 4.78 is 0. The number of carboxylic acids is 1. The van der Waals surface area contributed by atoms with Gasteiger partial charge in [-0.25, -0.2) is 0 Å². The van der Waals surface area contributed by atoms with Gasteiger partial charge in [0.2, 0.25) is 17.7 Å². The summed E-state index contributed by atoms with van der Waals surface area (Å²) in [6.45, 7) is 2.96. The number of nitrogens with two attached hydrogens (primary N) is 1. The number of phenols is 1. The Hall–Kier alpha value is -3.92. The van der Waals surface area contributed by atoms with Crippen molar-refractivity contribution in [2.75, 3.05) is 6.54 Å². The average molecular weight is 485 g/mol. The van der Waals surface area contributed by atoms with E-state index in [2.05, 4.69) is 16.0 Å². The number of aliphatic carboxylic acids is 1. The topological polar surface area (TPSA) is 171 Å². The number of hydrogen-bond donors (Lipinski definition) is 6. The third-order valence-corrected chi connectivity index (χ3v) is 5.36. The normalized spacial score (nSPS) is 13.4. The Bertz CT molecular complexity index is 1010. The Balaban J connectivity index is 2.25. The Morgan fingerprint density at radius 2 is 1.31 bits per heavy atom. The predicted molar refractivity (Wildman–Crippen MR) is 129 cm³/mol. The van der Waals surface area contributed by atoms with Crippen LogP contribution < -0.4 is 21.7 Å². The SMILES string of the molecule is CC(C)C(N)C(=O)NC(Cc1ccc(O)cc1)C(=O)NC(Cc1ccccc1)C(=O)NCC(=O)O. The van der Waals surface area contributed by atoms with Crippen molar-refractivity contribution < 1.29 is 29.4 Å². The van der Waals surface area contributed by atoms with Crippen LogP contribution in [-0.4, -0.2) is 58.6 Å². The molecule has 0 aliphatic rings. The molecular weight excluding hydrogens is 452 g/mol. The number of carbonyl (C=O) groups is 4.